The molecule has 0 bridgehead atoms. The van der Waals surface area contributed by atoms with Crippen LogP contribution in [0.1, 0.15) is 54.6 Å². The van der Waals surface area contributed by atoms with Crippen LogP contribution in [-0.4, -0.2) is 28.5 Å². The third-order valence-electron chi connectivity index (χ3n) is 4.18. The summed E-state index contributed by atoms with van der Waals surface area (Å²) < 4.78 is 0. The predicted molar refractivity (Wildman–Crippen MR) is 82.5 cm³/mol. The Labute approximate surface area is 121 Å². The van der Waals surface area contributed by atoms with Gasteiger partial charge in [-0.15, -0.1) is 11.3 Å². The van der Waals surface area contributed by atoms with Crippen LogP contribution in [0.3, 0.4) is 0 Å². The van der Waals surface area contributed by atoms with E-state index in [9.17, 15) is 0 Å². The normalized spacial score (nSPS) is 24.1. The van der Waals surface area contributed by atoms with Gasteiger partial charge in [0, 0.05) is 17.0 Å². The van der Waals surface area contributed by atoms with E-state index in [2.05, 4.69) is 25.7 Å². The SMILES string of the molecule is CCCN(Cc1nc(C)c(C)s1)C1CCC(N)CC1. The maximum atomic E-state index is 6.02. The first-order valence-electron chi connectivity index (χ1n) is 7.52. The molecule has 0 aromatic carbocycles. The molecule has 0 unspecified atom stereocenters. The van der Waals surface area contributed by atoms with Crippen LogP contribution >= 0.6 is 11.3 Å². The van der Waals surface area contributed by atoms with Gasteiger partial charge in [0.05, 0.1) is 12.2 Å². The van der Waals surface area contributed by atoms with Crippen molar-refractivity contribution in [1.29, 1.82) is 0 Å². The molecule has 19 heavy (non-hydrogen) atoms. The van der Waals surface area contributed by atoms with E-state index in [4.69, 9.17) is 10.7 Å². The first-order valence-corrected chi connectivity index (χ1v) is 8.34. The lowest BCUT2D eigenvalue weighted by Gasteiger charge is -2.35. The third kappa shape index (κ3) is 4.01. The van der Waals surface area contributed by atoms with Crippen LogP contribution in [-0.2, 0) is 6.54 Å². The number of aromatic nitrogens is 1. The van der Waals surface area contributed by atoms with Crippen molar-refractivity contribution in [2.75, 3.05) is 6.54 Å². The summed E-state index contributed by atoms with van der Waals surface area (Å²) >= 11 is 1.86. The highest BCUT2D eigenvalue weighted by molar-refractivity contribution is 7.11. The van der Waals surface area contributed by atoms with Gasteiger partial charge in [0.25, 0.3) is 0 Å². The maximum Gasteiger partial charge on any atom is 0.107 e. The van der Waals surface area contributed by atoms with Crippen molar-refractivity contribution in [1.82, 2.24) is 9.88 Å². The van der Waals surface area contributed by atoms with Crippen molar-refractivity contribution in [2.45, 2.75) is 71.5 Å². The van der Waals surface area contributed by atoms with Gasteiger partial charge in [-0.25, -0.2) is 4.98 Å². The first kappa shape index (κ1) is 14.9. The second-order valence-corrected chi connectivity index (χ2v) is 7.08. The topological polar surface area (TPSA) is 42.2 Å². The van der Waals surface area contributed by atoms with Gasteiger partial charge >= 0.3 is 0 Å². The summed E-state index contributed by atoms with van der Waals surface area (Å²) in [6.45, 7) is 8.74. The van der Waals surface area contributed by atoms with Gasteiger partial charge in [0.1, 0.15) is 5.01 Å². The van der Waals surface area contributed by atoms with Crippen molar-refractivity contribution in [2.24, 2.45) is 5.73 Å². The molecule has 0 spiro atoms. The number of nitrogens with two attached hydrogens (primary N) is 1. The van der Waals surface area contributed by atoms with Crippen LogP contribution in [0.15, 0.2) is 0 Å². The van der Waals surface area contributed by atoms with E-state index in [0.29, 0.717) is 12.1 Å². The van der Waals surface area contributed by atoms with Gasteiger partial charge in [0.15, 0.2) is 0 Å². The van der Waals surface area contributed by atoms with Crippen LogP contribution in [0.4, 0.5) is 0 Å². The standard InChI is InChI=1S/C15H27N3S/c1-4-9-18(14-7-5-13(16)6-8-14)10-15-17-11(2)12(3)19-15/h13-14H,4-10,16H2,1-3H3. The molecule has 1 aliphatic carbocycles. The fourth-order valence-corrected chi connectivity index (χ4v) is 3.88. The molecule has 2 rings (SSSR count). The minimum Gasteiger partial charge on any atom is -0.328 e. The van der Waals surface area contributed by atoms with E-state index in [1.165, 1.54) is 54.2 Å². The lowest BCUT2D eigenvalue weighted by Crippen LogP contribution is -2.40. The van der Waals surface area contributed by atoms with Crippen molar-refractivity contribution in [3.8, 4) is 0 Å². The average Bonchev–Trinajstić information content (AvgIpc) is 2.69. The summed E-state index contributed by atoms with van der Waals surface area (Å²) in [7, 11) is 0. The lowest BCUT2D eigenvalue weighted by molar-refractivity contribution is 0.142. The van der Waals surface area contributed by atoms with Crippen molar-refractivity contribution in [3.63, 3.8) is 0 Å². The smallest absolute Gasteiger partial charge is 0.107 e. The quantitative estimate of drug-likeness (QED) is 0.901. The average molecular weight is 281 g/mol. The minimum absolute atomic E-state index is 0.434. The Bertz CT molecular complexity index is 375. The molecule has 1 saturated carbocycles. The Kier molecular flexibility index (Phi) is 5.37. The number of thiazole rings is 1. The molecule has 1 aromatic heterocycles. The Hall–Kier alpha value is -0.450. The van der Waals surface area contributed by atoms with Gasteiger partial charge in [0.2, 0.25) is 0 Å². The van der Waals surface area contributed by atoms with E-state index in [0.717, 1.165) is 6.54 Å². The molecule has 3 nitrogen and oxygen atoms in total. The van der Waals surface area contributed by atoms with Crippen LogP contribution < -0.4 is 5.73 Å². The van der Waals surface area contributed by atoms with Crippen molar-refractivity contribution >= 4 is 11.3 Å². The van der Waals surface area contributed by atoms with Crippen molar-refractivity contribution < 1.29 is 0 Å². The molecule has 0 radical (unpaired) electrons. The monoisotopic (exact) mass is 281 g/mol. The summed E-state index contributed by atoms with van der Waals surface area (Å²) in [5, 5.41) is 1.28. The zero-order valence-corrected chi connectivity index (χ0v) is 13.3. The molecule has 1 aliphatic rings. The van der Waals surface area contributed by atoms with E-state index in [1.807, 2.05) is 11.3 Å². The largest absolute Gasteiger partial charge is 0.328 e. The molecular weight excluding hydrogens is 254 g/mol. The first-order chi connectivity index (χ1) is 9.10. The highest BCUT2D eigenvalue weighted by atomic mass is 32.1. The molecule has 4 heteroatoms. The van der Waals surface area contributed by atoms with Gasteiger partial charge < -0.3 is 5.73 Å². The van der Waals surface area contributed by atoms with E-state index < -0.39 is 0 Å². The Morgan fingerprint density at radius 3 is 2.47 bits per heavy atom. The number of nitrogens with zero attached hydrogens (tertiary/aromatic N) is 2. The molecule has 1 heterocycles. The highest BCUT2D eigenvalue weighted by Crippen LogP contribution is 2.25. The van der Waals surface area contributed by atoms with Crippen LogP contribution in [0.2, 0.25) is 0 Å². The Morgan fingerprint density at radius 2 is 1.95 bits per heavy atom. The summed E-state index contributed by atoms with van der Waals surface area (Å²) in [6, 6.07) is 1.15. The fourth-order valence-electron chi connectivity index (χ4n) is 2.93. The van der Waals surface area contributed by atoms with E-state index in [1.54, 1.807) is 0 Å². The number of hydrogen-bond acceptors (Lipinski definition) is 4. The molecular formula is C15H27N3S. The second kappa shape index (κ2) is 6.82. The molecule has 0 amide bonds. The van der Waals surface area contributed by atoms with Gasteiger partial charge in [-0.1, -0.05) is 6.92 Å². The summed E-state index contributed by atoms with van der Waals surface area (Å²) in [5.41, 5.74) is 7.21. The number of rotatable bonds is 5. The predicted octanol–water partition coefficient (Wildman–Crippen LogP) is 3.24. The Balaban J connectivity index is 1.99. The Morgan fingerprint density at radius 1 is 1.26 bits per heavy atom. The maximum absolute atomic E-state index is 6.02. The lowest BCUT2D eigenvalue weighted by atomic mass is 9.90. The molecule has 2 N–H and O–H groups in total. The third-order valence-corrected chi connectivity index (χ3v) is 5.24. The molecule has 0 aliphatic heterocycles. The highest BCUT2D eigenvalue weighted by Gasteiger charge is 2.24. The molecule has 108 valence electrons. The summed E-state index contributed by atoms with van der Waals surface area (Å²) in [6.07, 6.45) is 6.09. The zero-order chi connectivity index (χ0) is 13.8. The van der Waals surface area contributed by atoms with E-state index >= 15 is 0 Å². The van der Waals surface area contributed by atoms with Crippen molar-refractivity contribution in [3.05, 3.63) is 15.6 Å². The number of aryl methyl sites for hydroxylation is 2. The zero-order valence-electron chi connectivity index (χ0n) is 12.5. The minimum atomic E-state index is 0.434. The van der Waals surface area contributed by atoms with Crippen LogP contribution in [0, 0.1) is 13.8 Å². The molecule has 0 atom stereocenters. The van der Waals surface area contributed by atoms with E-state index in [-0.39, 0.29) is 0 Å². The van der Waals surface area contributed by atoms with Gasteiger partial charge in [-0.2, -0.15) is 0 Å². The van der Waals surface area contributed by atoms with Gasteiger partial charge in [-0.3, -0.25) is 4.90 Å². The molecule has 1 fully saturated rings. The summed E-state index contributed by atoms with van der Waals surface area (Å²) in [5.74, 6) is 0. The number of hydrogen-bond donors (Lipinski definition) is 1. The van der Waals surface area contributed by atoms with Crippen LogP contribution in [0.5, 0.6) is 0 Å². The van der Waals surface area contributed by atoms with Gasteiger partial charge in [-0.05, 0) is 52.5 Å². The second-order valence-electron chi connectivity index (χ2n) is 5.79. The summed E-state index contributed by atoms with van der Waals surface area (Å²) in [4.78, 5) is 8.68. The molecule has 0 saturated heterocycles. The molecule has 1 aromatic rings. The fraction of sp³-hybridized carbons (Fsp3) is 0.800. The van der Waals surface area contributed by atoms with Crippen LogP contribution in [0.25, 0.3) is 0 Å².